The van der Waals surface area contributed by atoms with Gasteiger partial charge in [0, 0.05) is 26.3 Å². The van der Waals surface area contributed by atoms with E-state index in [1.165, 1.54) is 31.4 Å². The van der Waals surface area contributed by atoms with Crippen LogP contribution >= 0.6 is 0 Å². The van der Waals surface area contributed by atoms with Crippen LogP contribution in [0.5, 0.6) is 0 Å². The van der Waals surface area contributed by atoms with Crippen LogP contribution in [0.1, 0.15) is 44.6 Å². The molecule has 0 saturated carbocycles. The van der Waals surface area contributed by atoms with Crippen molar-refractivity contribution in [2.45, 2.75) is 45.1 Å². The third-order valence-electron chi connectivity index (χ3n) is 4.84. The molecule has 0 saturated heterocycles. The number of benzene rings is 1. The quantitative estimate of drug-likeness (QED) is 0.315. The number of rotatable bonds is 8. The van der Waals surface area contributed by atoms with Gasteiger partial charge in [-0.15, -0.1) is 0 Å². The zero-order valence-electron chi connectivity index (χ0n) is 17.4. The van der Waals surface area contributed by atoms with Crippen LogP contribution in [0.4, 0.5) is 5.69 Å². The number of nitrogens with zero attached hydrogens (tertiary/aromatic N) is 2. The van der Waals surface area contributed by atoms with Crippen LogP contribution in [0.15, 0.2) is 41.5 Å². The lowest BCUT2D eigenvalue weighted by molar-refractivity contribution is -0.150. The molecule has 1 aliphatic carbocycles. The minimum atomic E-state index is -0.962. The van der Waals surface area contributed by atoms with Gasteiger partial charge in [-0.1, -0.05) is 23.8 Å². The highest BCUT2D eigenvalue weighted by atomic mass is 16.5. The van der Waals surface area contributed by atoms with Gasteiger partial charge in [-0.2, -0.15) is 5.26 Å². The number of anilines is 1. The number of nitrogens with one attached hydrogen (secondary N) is 1. The Morgan fingerprint density at radius 3 is 2.59 bits per heavy atom. The summed E-state index contributed by atoms with van der Waals surface area (Å²) in [6.45, 7) is 2.03. The molecule has 0 radical (unpaired) electrons. The maximum Gasteiger partial charge on any atom is 0.349 e. The van der Waals surface area contributed by atoms with E-state index in [2.05, 4.69) is 11.4 Å². The Kier molecular flexibility index (Phi) is 8.47. The predicted octanol–water partition coefficient (Wildman–Crippen LogP) is 3.60. The molecule has 0 unspecified atom stereocenters. The monoisotopic (exact) mass is 395 g/mol. The summed E-state index contributed by atoms with van der Waals surface area (Å²) in [5.74, 6) is -1.16. The molecule has 1 atom stereocenters. The lowest BCUT2D eigenvalue weighted by Gasteiger charge is -2.15. The zero-order valence-corrected chi connectivity index (χ0v) is 17.4. The van der Waals surface area contributed by atoms with Crippen molar-refractivity contribution in [3.8, 4) is 6.07 Å². The van der Waals surface area contributed by atoms with Crippen LogP contribution in [0.3, 0.4) is 0 Å². The molecule has 0 heterocycles. The lowest BCUT2D eigenvalue weighted by Crippen LogP contribution is -2.36. The molecule has 1 aliphatic rings. The average Bonchev–Trinajstić information content (AvgIpc) is 2.72. The second-order valence-electron chi connectivity index (χ2n) is 7.35. The van der Waals surface area contributed by atoms with E-state index in [1.807, 2.05) is 49.3 Å². The van der Waals surface area contributed by atoms with Crippen molar-refractivity contribution in [3.63, 3.8) is 0 Å². The summed E-state index contributed by atoms with van der Waals surface area (Å²) in [6.07, 6.45) is 8.20. The summed E-state index contributed by atoms with van der Waals surface area (Å²) in [4.78, 5) is 26.4. The highest BCUT2D eigenvalue weighted by Gasteiger charge is 2.20. The van der Waals surface area contributed by atoms with E-state index >= 15 is 0 Å². The number of nitriles is 1. The molecule has 6 heteroatoms. The molecule has 0 bridgehead atoms. The molecule has 6 nitrogen and oxygen atoms in total. The molecule has 0 fully saturated rings. The summed E-state index contributed by atoms with van der Waals surface area (Å²) >= 11 is 0. The Morgan fingerprint density at radius 1 is 1.28 bits per heavy atom. The number of allylic oxidation sites excluding steroid dienone is 1. The third-order valence-corrected chi connectivity index (χ3v) is 4.84. The van der Waals surface area contributed by atoms with Crippen LogP contribution < -0.4 is 10.2 Å². The Balaban J connectivity index is 1.87. The van der Waals surface area contributed by atoms with Crippen LogP contribution in [0, 0.1) is 11.3 Å². The minimum Gasteiger partial charge on any atom is -0.448 e. The van der Waals surface area contributed by atoms with E-state index in [0.29, 0.717) is 12.1 Å². The number of hydrogen-bond donors (Lipinski definition) is 1. The second-order valence-corrected chi connectivity index (χ2v) is 7.35. The maximum absolute atomic E-state index is 12.3. The summed E-state index contributed by atoms with van der Waals surface area (Å²) in [6, 6.07) is 9.27. The van der Waals surface area contributed by atoms with E-state index in [4.69, 9.17) is 4.74 Å². The van der Waals surface area contributed by atoms with E-state index in [-0.39, 0.29) is 11.5 Å². The molecule has 0 aromatic heterocycles. The van der Waals surface area contributed by atoms with Gasteiger partial charge in [-0.05, 0) is 62.8 Å². The smallest absolute Gasteiger partial charge is 0.349 e. The van der Waals surface area contributed by atoms with Crippen molar-refractivity contribution in [1.29, 1.82) is 5.26 Å². The first-order valence-electron chi connectivity index (χ1n) is 9.96. The summed E-state index contributed by atoms with van der Waals surface area (Å²) in [5, 5.41) is 12.1. The average molecular weight is 396 g/mol. The predicted molar refractivity (Wildman–Crippen MR) is 114 cm³/mol. The van der Waals surface area contributed by atoms with Crippen molar-refractivity contribution < 1.29 is 14.3 Å². The van der Waals surface area contributed by atoms with Crippen molar-refractivity contribution >= 4 is 23.6 Å². The number of amides is 1. The lowest BCUT2D eigenvalue weighted by atomic mass is 9.97. The Bertz CT molecular complexity index is 817. The van der Waals surface area contributed by atoms with Crippen molar-refractivity contribution in [3.05, 3.63) is 47.1 Å². The number of ether oxygens (including phenoxy) is 1. The topological polar surface area (TPSA) is 82.4 Å². The SMILES string of the molecule is C[C@H](OC(=O)/C(C#N)=C/c1ccc(N(C)C)cc1)C(=O)NCCC1=CCCCC1. The van der Waals surface area contributed by atoms with Crippen LogP contribution in [0.2, 0.25) is 0 Å². The van der Waals surface area contributed by atoms with E-state index in [9.17, 15) is 14.9 Å². The number of esters is 1. The molecule has 0 aliphatic heterocycles. The first kappa shape index (κ1) is 22.2. The van der Waals surface area contributed by atoms with Crippen molar-refractivity contribution in [1.82, 2.24) is 5.32 Å². The van der Waals surface area contributed by atoms with Gasteiger partial charge in [0.25, 0.3) is 5.91 Å². The third kappa shape index (κ3) is 7.11. The first-order chi connectivity index (χ1) is 13.9. The van der Waals surface area contributed by atoms with Gasteiger partial charge in [0.2, 0.25) is 0 Å². The van der Waals surface area contributed by atoms with Crippen LogP contribution in [-0.2, 0) is 14.3 Å². The summed E-state index contributed by atoms with van der Waals surface area (Å²) in [7, 11) is 3.86. The van der Waals surface area contributed by atoms with Gasteiger partial charge >= 0.3 is 5.97 Å². The van der Waals surface area contributed by atoms with Crippen LogP contribution in [-0.4, -0.2) is 38.6 Å². The molecule has 2 rings (SSSR count). The summed E-state index contributed by atoms with van der Waals surface area (Å²) in [5.41, 5.74) is 2.95. The molecular weight excluding hydrogens is 366 g/mol. The number of carbonyl (C=O) groups excluding carboxylic acids is 2. The molecule has 1 aromatic carbocycles. The zero-order chi connectivity index (χ0) is 21.2. The largest absolute Gasteiger partial charge is 0.448 e. The second kappa shape index (κ2) is 11.1. The molecule has 154 valence electrons. The van der Waals surface area contributed by atoms with E-state index < -0.39 is 12.1 Å². The number of carbonyl (C=O) groups is 2. The minimum absolute atomic E-state index is 0.144. The van der Waals surface area contributed by atoms with E-state index in [1.54, 1.807) is 0 Å². The molecule has 1 N–H and O–H groups in total. The van der Waals surface area contributed by atoms with Gasteiger partial charge in [-0.3, -0.25) is 4.79 Å². The fourth-order valence-electron chi connectivity index (χ4n) is 3.07. The molecule has 1 amide bonds. The Labute approximate surface area is 172 Å². The van der Waals surface area contributed by atoms with Gasteiger partial charge in [-0.25, -0.2) is 4.79 Å². The van der Waals surface area contributed by atoms with Gasteiger partial charge in [0.05, 0.1) is 0 Å². The Morgan fingerprint density at radius 2 is 2.00 bits per heavy atom. The van der Waals surface area contributed by atoms with Gasteiger partial charge in [0.15, 0.2) is 6.10 Å². The Hall–Kier alpha value is -3.07. The van der Waals surface area contributed by atoms with E-state index in [0.717, 1.165) is 24.9 Å². The van der Waals surface area contributed by atoms with Crippen LogP contribution in [0.25, 0.3) is 6.08 Å². The molecular formula is C23H29N3O3. The number of hydrogen-bond acceptors (Lipinski definition) is 5. The highest BCUT2D eigenvalue weighted by molar-refractivity contribution is 5.99. The highest BCUT2D eigenvalue weighted by Crippen LogP contribution is 2.19. The maximum atomic E-state index is 12.3. The van der Waals surface area contributed by atoms with Crippen molar-refractivity contribution in [2.24, 2.45) is 0 Å². The molecule has 29 heavy (non-hydrogen) atoms. The van der Waals surface area contributed by atoms with Crippen molar-refractivity contribution in [2.75, 3.05) is 25.5 Å². The fourth-order valence-corrected chi connectivity index (χ4v) is 3.07. The van der Waals surface area contributed by atoms with Gasteiger partial charge < -0.3 is 15.0 Å². The fraction of sp³-hybridized carbons (Fsp3) is 0.435. The van der Waals surface area contributed by atoms with Gasteiger partial charge in [0.1, 0.15) is 11.6 Å². The first-order valence-corrected chi connectivity index (χ1v) is 9.96. The molecule has 1 aromatic rings. The standard InChI is InChI=1S/C23H29N3O3/c1-17(22(27)25-14-13-18-7-5-4-6-8-18)29-23(28)20(16-24)15-19-9-11-21(12-10-19)26(2)3/h7,9-12,15,17H,4-6,8,13-14H2,1-3H3,(H,25,27)/b20-15+/t17-/m0/s1. The normalized spacial score (nSPS) is 15.0. The summed E-state index contributed by atoms with van der Waals surface area (Å²) < 4.78 is 5.18. The molecule has 0 spiro atoms.